The first-order valence-electron chi connectivity index (χ1n) is 3.90. The molecule has 0 saturated carbocycles. The van der Waals surface area contributed by atoms with Crippen molar-refractivity contribution in [2.75, 3.05) is 20.2 Å². The van der Waals surface area contributed by atoms with Crippen LogP contribution in [0.1, 0.15) is 6.42 Å². The Morgan fingerprint density at radius 3 is 2.62 bits per heavy atom. The van der Waals surface area contributed by atoms with Crippen LogP contribution in [0.25, 0.3) is 0 Å². The maximum atomic E-state index is 10.6. The highest BCUT2D eigenvalue weighted by atomic mass is 16.5. The van der Waals surface area contributed by atoms with E-state index in [1.165, 1.54) is 7.11 Å². The number of nitrogens with one attached hydrogen (secondary N) is 1. The first-order valence-corrected chi connectivity index (χ1v) is 3.90. The molecule has 0 aliphatic heterocycles. The number of methoxy groups -OCH3 is 1. The van der Waals surface area contributed by atoms with E-state index >= 15 is 0 Å². The zero-order chi connectivity index (χ0) is 10.3. The largest absolute Gasteiger partial charge is 0.469 e. The molecule has 0 spiro atoms. The monoisotopic (exact) mass is 189 g/mol. The van der Waals surface area contributed by atoms with Gasteiger partial charge in [-0.15, -0.1) is 0 Å². The second-order valence-electron chi connectivity index (χ2n) is 2.54. The van der Waals surface area contributed by atoms with E-state index in [-0.39, 0.29) is 18.9 Å². The molecule has 0 rings (SSSR count). The van der Waals surface area contributed by atoms with Gasteiger partial charge < -0.3 is 21.5 Å². The van der Waals surface area contributed by atoms with Crippen LogP contribution in [0.3, 0.4) is 0 Å². The Bertz CT molecular complexity index is 184. The average Bonchev–Trinajstić information content (AvgIpc) is 2.11. The second kappa shape index (κ2) is 6.38. The second-order valence-corrected chi connectivity index (χ2v) is 2.54. The Hall–Kier alpha value is -1.14. The molecule has 13 heavy (non-hydrogen) atoms. The minimum Gasteiger partial charge on any atom is -0.469 e. The summed E-state index contributed by atoms with van der Waals surface area (Å²) in [7, 11) is 1.32. The Morgan fingerprint density at radius 1 is 1.54 bits per heavy atom. The summed E-state index contributed by atoms with van der Waals surface area (Å²) in [5.41, 5.74) is 10.2. The van der Waals surface area contributed by atoms with E-state index < -0.39 is 11.9 Å². The number of primary amides is 1. The number of hydrogen-bond donors (Lipinski definition) is 3. The number of esters is 1. The lowest BCUT2D eigenvalue weighted by Gasteiger charge is -2.07. The van der Waals surface area contributed by atoms with Gasteiger partial charge in [0, 0.05) is 13.1 Å². The standard InChI is InChI=1S/C7H15N3O3/c1-13-6(11)2-3-10-4-5(8)7(9)12/h5,10H,2-4,8H2,1H3,(H2,9,12). The first-order chi connectivity index (χ1) is 6.07. The van der Waals surface area contributed by atoms with Gasteiger partial charge in [-0.05, 0) is 0 Å². The van der Waals surface area contributed by atoms with Crippen molar-refractivity contribution in [1.29, 1.82) is 0 Å². The third-order valence-corrected chi connectivity index (χ3v) is 1.46. The van der Waals surface area contributed by atoms with Gasteiger partial charge >= 0.3 is 5.97 Å². The molecule has 0 aliphatic carbocycles. The van der Waals surface area contributed by atoms with Crippen molar-refractivity contribution in [2.45, 2.75) is 12.5 Å². The van der Waals surface area contributed by atoms with E-state index in [2.05, 4.69) is 10.1 Å². The zero-order valence-corrected chi connectivity index (χ0v) is 7.58. The lowest BCUT2D eigenvalue weighted by molar-refractivity contribution is -0.140. The third-order valence-electron chi connectivity index (χ3n) is 1.46. The van der Waals surface area contributed by atoms with Gasteiger partial charge in [-0.25, -0.2) is 0 Å². The molecule has 1 atom stereocenters. The lowest BCUT2D eigenvalue weighted by Crippen LogP contribution is -2.44. The summed E-state index contributed by atoms with van der Waals surface area (Å²) in [5.74, 6) is -0.870. The number of ether oxygens (including phenoxy) is 1. The molecule has 1 amide bonds. The third kappa shape index (κ3) is 6.06. The van der Waals surface area contributed by atoms with Crippen molar-refractivity contribution < 1.29 is 14.3 Å². The predicted molar refractivity (Wildman–Crippen MR) is 46.7 cm³/mol. The minimum absolute atomic E-state index is 0.252. The maximum Gasteiger partial charge on any atom is 0.306 e. The molecule has 0 heterocycles. The Morgan fingerprint density at radius 2 is 2.15 bits per heavy atom. The molecule has 0 bridgehead atoms. The molecule has 0 aromatic heterocycles. The van der Waals surface area contributed by atoms with Gasteiger partial charge in [0.15, 0.2) is 0 Å². The van der Waals surface area contributed by atoms with E-state index in [4.69, 9.17) is 11.5 Å². The van der Waals surface area contributed by atoms with Crippen molar-refractivity contribution in [2.24, 2.45) is 11.5 Å². The SMILES string of the molecule is COC(=O)CCNCC(N)C(N)=O. The van der Waals surface area contributed by atoms with Gasteiger partial charge in [-0.3, -0.25) is 9.59 Å². The van der Waals surface area contributed by atoms with Gasteiger partial charge in [0.2, 0.25) is 5.91 Å². The summed E-state index contributed by atoms with van der Waals surface area (Å²) in [6.45, 7) is 0.694. The highest BCUT2D eigenvalue weighted by molar-refractivity contribution is 5.79. The molecule has 6 nitrogen and oxygen atoms in total. The fraction of sp³-hybridized carbons (Fsp3) is 0.714. The van der Waals surface area contributed by atoms with Gasteiger partial charge in [-0.2, -0.15) is 0 Å². The van der Waals surface area contributed by atoms with Gasteiger partial charge in [0.1, 0.15) is 0 Å². The molecule has 5 N–H and O–H groups in total. The van der Waals surface area contributed by atoms with Crippen LogP contribution in [0, 0.1) is 0 Å². The average molecular weight is 189 g/mol. The molecule has 0 aromatic rings. The molecule has 0 fully saturated rings. The molecule has 0 aliphatic rings. The summed E-state index contributed by atoms with van der Waals surface area (Å²) in [6, 6.07) is -0.711. The highest BCUT2D eigenvalue weighted by Crippen LogP contribution is 1.81. The van der Waals surface area contributed by atoms with Crippen LogP contribution in [0.5, 0.6) is 0 Å². The van der Waals surface area contributed by atoms with Crippen molar-refractivity contribution in [3.05, 3.63) is 0 Å². The fourth-order valence-corrected chi connectivity index (χ4v) is 0.651. The number of amides is 1. The van der Waals surface area contributed by atoms with E-state index in [1.54, 1.807) is 0 Å². The lowest BCUT2D eigenvalue weighted by atomic mass is 10.3. The number of carbonyl (C=O) groups is 2. The molecule has 6 heteroatoms. The van der Waals surface area contributed by atoms with E-state index in [1.807, 2.05) is 0 Å². The molecular weight excluding hydrogens is 174 g/mol. The van der Waals surface area contributed by atoms with Crippen molar-refractivity contribution in [3.63, 3.8) is 0 Å². The first kappa shape index (κ1) is 11.9. The van der Waals surface area contributed by atoms with E-state index in [0.29, 0.717) is 6.54 Å². The smallest absolute Gasteiger partial charge is 0.306 e. The van der Waals surface area contributed by atoms with Crippen LogP contribution in [0.4, 0.5) is 0 Å². The van der Waals surface area contributed by atoms with Crippen LogP contribution >= 0.6 is 0 Å². The summed E-state index contributed by atoms with van der Waals surface area (Å²) in [4.78, 5) is 21.1. The molecule has 0 radical (unpaired) electrons. The number of rotatable bonds is 6. The van der Waals surface area contributed by atoms with Crippen LogP contribution in [0.2, 0.25) is 0 Å². The highest BCUT2D eigenvalue weighted by Gasteiger charge is 2.07. The Kier molecular flexibility index (Phi) is 5.82. The summed E-state index contributed by atoms with van der Waals surface area (Å²) >= 11 is 0. The number of nitrogens with two attached hydrogens (primary N) is 2. The zero-order valence-electron chi connectivity index (χ0n) is 7.58. The normalized spacial score (nSPS) is 12.2. The van der Waals surface area contributed by atoms with E-state index in [0.717, 1.165) is 0 Å². The van der Waals surface area contributed by atoms with Crippen LogP contribution in [0.15, 0.2) is 0 Å². The van der Waals surface area contributed by atoms with Crippen molar-refractivity contribution in [3.8, 4) is 0 Å². The van der Waals surface area contributed by atoms with Gasteiger partial charge in [0.25, 0.3) is 0 Å². The molecule has 0 saturated heterocycles. The van der Waals surface area contributed by atoms with Crippen LogP contribution in [-0.4, -0.2) is 38.1 Å². The maximum absolute atomic E-state index is 10.6. The molecule has 1 unspecified atom stereocenters. The minimum atomic E-state index is -0.711. The van der Waals surface area contributed by atoms with E-state index in [9.17, 15) is 9.59 Å². The molecule has 0 aromatic carbocycles. The summed E-state index contributed by atoms with van der Waals surface area (Å²) < 4.78 is 4.40. The number of hydrogen-bond acceptors (Lipinski definition) is 5. The van der Waals surface area contributed by atoms with Crippen LogP contribution in [-0.2, 0) is 14.3 Å². The number of carbonyl (C=O) groups excluding carboxylic acids is 2. The van der Waals surface area contributed by atoms with Gasteiger partial charge in [-0.1, -0.05) is 0 Å². The van der Waals surface area contributed by atoms with Crippen molar-refractivity contribution >= 4 is 11.9 Å². The Balaban J connectivity index is 3.35. The van der Waals surface area contributed by atoms with Crippen molar-refractivity contribution in [1.82, 2.24) is 5.32 Å². The summed E-state index contributed by atoms with van der Waals surface area (Å²) in [5, 5.41) is 2.81. The molecular formula is C7H15N3O3. The fourth-order valence-electron chi connectivity index (χ4n) is 0.651. The topological polar surface area (TPSA) is 107 Å². The predicted octanol–water partition coefficient (Wildman–Crippen LogP) is -2.05. The van der Waals surface area contributed by atoms with Crippen LogP contribution < -0.4 is 16.8 Å². The summed E-state index contributed by atoms with van der Waals surface area (Å²) in [6.07, 6.45) is 0.252. The quantitative estimate of drug-likeness (QED) is 0.329. The Labute approximate surface area is 76.6 Å². The molecule has 76 valence electrons. The van der Waals surface area contributed by atoms with Gasteiger partial charge in [0.05, 0.1) is 19.6 Å².